The molecular weight excluding hydrogens is 286 g/mol. The van der Waals surface area contributed by atoms with E-state index in [1.807, 2.05) is 13.0 Å². The van der Waals surface area contributed by atoms with Crippen LogP contribution < -0.4 is 4.90 Å². The van der Waals surface area contributed by atoms with Gasteiger partial charge in [0.1, 0.15) is 0 Å². The summed E-state index contributed by atoms with van der Waals surface area (Å²) in [4.78, 5) is 24.9. The molecule has 1 atom stereocenters. The van der Waals surface area contributed by atoms with Gasteiger partial charge in [0.15, 0.2) is 0 Å². The van der Waals surface area contributed by atoms with Gasteiger partial charge in [-0.05, 0) is 18.6 Å². The van der Waals surface area contributed by atoms with Crippen molar-refractivity contribution >= 4 is 33.3 Å². The molecule has 5 heteroatoms. The van der Waals surface area contributed by atoms with Gasteiger partial charge in [0.25, 0.3) is 11.7 Å². The second kappa shape index (κ2) is 4.58. The fourth-order valence-electron chi connectivity index (χ4n) is 1.97. The number of amides is 1. The van der Waals surface area contributed by atoms with E-state index in [4.69, 9.17) is 0 Å². The lowest BCUT2D eigenvalue weighted by atomic mass is 10.1. The molecule has 1 unspecified atom stereocenters. The zero-order valence-electron chi connectivity index (χ0n) is 9.31. The number of halogens is 1. The van der Waals surface area contributed by atoms with E-state index < -0.39 is 17.8 Å². The van der Waals surface area contributed by atoms with Crippen molar-refractivity contribution in [2.45, 2.75) is 13.0 Å². The highest BCUT2D eigenvalue weighted by molar-refractivity contribution is 9.09. The van der Waals surface area contributed by atoms with Crippen molar-refractivity contribution in [2.24, 2.45) is 0 Å². The van der Waals surface area contributed by atoms with E-state index in [0.29, 0.717) is 16.6 Å². The smallest absolute Gasteiger partial charge is 0.299 e. The molecule has 17 heavy (non-hydrogen) atoms. The van der Waals surface area contributed by atoms with Crippen LogP contribution in [0.2, 0.25) is 0 Å². The second-order valence-corrected chi connectivity index (χ2v) is 4.67. The van der Waals surface area contributed by atoms with E-state index in [9.17, 15) is 14.7 Å². The molecule has 90 valence electrons. The third kappa shape index (κ3) is 2.00. The van der Waals surface area contributed by atoms with Crippen LogP contribution in [0.5, 0.6) is 0 Å². The lowest BCUT2D eigenvalue weighted by Gasteiger charge is -2.20. The fourth-order valence-corrected chi connectivity index (χ4v) is 2.18. The lowest BCUT2D eigenvalue weighted by molar-refractivity contribution is -0.114. The first-order valence-corrected chi connectivity index (χ1v) is 6.38. The Morgan fingerprint density at radius 3 is 2.76 bits per heavy atom. The van der Waals surface area contributed by atoms with Crippen molar-refractivity contribution in [2.75, 3.05) is 16.8 Å². The quantitative estimate of drug-likeness (QED) is 0.675. The number of alkyl halides is 1. The summed E-state index contributed by atoms with van der Waals surface area (Å²) in [6, 6.07) is 5.24. The highest BCUT2D eigenvalue weighted by atomic mass is 79.9. The number of benzene rings is 1. The Morgan fingerprint density at radius 2 is 2.12 bits per heavy atom. The number of hydrogen-bond donors (Lipinski definition) is 1. The monoisotopic (exact) mass is 297 g/mol. The van der Waals surface area contributed by atoms with Gasteiger partial charge in [0.2, 0.25) is 0 Å². The van der Waals surface area contributed by atoms with Crippen molar-refractivity contribution < 1.29 is 14.7 Å². The van der Waals surface area contributed by atoms with Crippen LogP contribution in [-0.4, -0.2) is 34.8 Å². The van der Waals surface area contributed by atoms with E-state index in [1.165, 1.54) is 4.90 Å². The topological polar surface area (TPSA) is 57.6 Å². The second-order valence-electron chi connectivity index (χ2n) is 4.02. The molecule has 1 aromatic carbocycles. The van der Waals surface area contributed by atoms with Crippen LogP contribution in [0, 0.1) is 6.92 Å². The molecule has 1 N–H and O–H groups in total. The maximum Gasteiger partial charge on any atom is 0.299 e. The maximum atomic E-state index is 11.8. The molecule has 0 aromatic heterocycles. The number of nitrogens with zero attached hydrogens (tertiary/aromatic N) is 1. The highest BCUT2D eigenvalue weighted by Crippen LogP contribution is 2.32. The normalized spacial score (nSPS) is 16.3. The number of anilines is 1. The molecule has 0 saturated heterocycles. The number of ketones is 1. The summed E-state index contributed by atoms with van der Waals surface area (Å²) in [5.74, 6) is -1.06. The van der Waals surface area contributed by atoms with E-state index in [1.54, 1.807) is 12.1 Å². The van der Waals surface area contributed by atoms with Crippen LogP contribution >= 0.6 is 15.9 Å². The predicted molar refractivity (Wildman–Crippen MR) is 67.7 cm³/mol. The summed E-state index contributed by atoms with van der Waals surface area (Å²) in [6.07, 6.45) is -0.683. The number of carbonyl (C=O) groups excluding carboxylic acids is 2. The first-order valence-electron chi connectivity index (χ1n) is 5.26. The van der Waals surface area contributed by atoms with Crippen LogP contribution in [0.3, 0.4) is 0 Å². The molecule has 0 bridgehead atoms. The van der Waals surface area contributed by atoms with Crippen molar-refractivity contribution in [3.8, 4) is 0 Å². The third-order valence-electron chi connectivity index (χ3n) is 2.76. The minimum atomic E-state index is -0.683. The molecule has 1 aliphatic heterocycles. The van der Waals surface area contributed by atoms with E-state index >= 15 is 0 Å². The summed E-state index contributed by atoms with van der Waals surface area (Å²) >= 11 is 3.14. The van der Waals surface area contributed by atoms with Gasteiger partial charge in [0, 0.05) is 5.33 Å². The minimum absolute atomic E-state index is 0.133. The van der Waals surface area contributed by atoms with Crippen molar-refractivity contribution in [1.29, 1.82) is 0 Å². The molecule has 0 spiro atoms. The van der Waals surface area contributed by atoms with Crippen LogP contribution in [0.25, 0.3) is 0 Å². The van der Waals surface area contributed by atoms with Crippen molar-refractivity contribution in [1.82, 2.24) is 0 Å². The Morgan fingerprint density at radius 1 is 1.41 bits per heavy atom. The van der Waals surface area contributed by atoms with Gasteiger partial charge in [-0.25, -0.2) is 0 Å². The SMILES string of the molecule is Cc1cccc2c1N(CC(O)CBr)C(=O)C2=O. The average Bonchev–Trinajstić information content (AvgIpc) is 2.56. The first-order chi connectivity index (χ1) is 8.06. The van der Waals surface area contributed by atoms with Gasteiger partial charge in [-0.1, -0.05) is 28.1 Å². The Balaban J connectivity index is 2.43. The Hall–Kier alpha value is -1.20. The number of rotatable bonds is 3. The van der Waals surface area contributed by atoms with Crippen molar-refractivity contribution in [3.63, 3.8) is 0 Å². The third-order valence-corrected chi connectivity index (χ3v) is 3.51. The van der Waals surface area contributed by atoms with Crippen molar-refractivity contribution in [3.05, 3.63) is 29.3 Å². The first kappa shape index (κ1) is 12.3. The van der Waals surface area contributed by atoms with Crippen LogP contribution in [0.1, 0.15) is 15.9 Å². The number of aliphatic hydroxyl groups excluding tert-OH is 1. The van der Waals surface area contributed by atoms with Gasteiger partial charge in [-0.3, -0.25) is 9.59 Å². The predicted octanol–water partition coefficient (Wildman–Crippen LogP) is 1.28. The Kier molecular flexibility index (Phi) is 3.31. The van der Waals surface area contributed by atoms with Gasteiger partial charge in [0.05, 0.1) is 23.9 Å². The molecule has 0 radical (unpaired) electrons. The van der Waals surface area contributed by atoms with E-state index in [2.05, 4.69) is 15.9 Å². The van der Waals surface area contributed by atoms with Gasteiger partial charge in [-0.15, -0.1) is 0 Å². The molecular formula is C12H12BrNO3. The summed E-state index contributed by atoms with van der Waals surface area (Å²) in [6.45, 7) is 1.98. The van der Waals surface area contributed by atoms with Gasteiger partial charge < -0.3 is 10.0 Å². The molecule has 1 aliphatic rings. The fraction of sp³-hybridized carbons (Fsp3) is 0.333. The zero-order valence-corrected chi connectivity index (χ0v) is 10.9. The summed E-state index contributed by atoms with van der Waals surface area (Å²) in [5.41, 5.74) is 1.92. The number of hydrogen-bond acceptors (Lipinski definition) is 3. The highest BCUT2D eigenvalue weighted by Gasteiger charge is 2.37. The summed E-state index contributed by atoms with van der Waals surface area (Å²) in [7, 11) is 0. The molecule has 2 rings (SSSR count). The van der Waals surface area contributed by atoms with Crippen LogP contribution in [0.4, 0.5) is 5.69 Å². The molecule has 1 amide bonds. The number of carbonyl (C=O) groups is 2. The number of β-amino-alcohol motifs (C(OH)–C–C–N with tert-alkyl or cyclic N) is 1. The van der Waals surface area contributed by atoms with Gasteiger partial charge in [-0.2, -0.15) is 0 Å². The number of aryl methyl sites for hydroxylation is 1. The summed E-state index contributed by atoms with van der Waals surface area (Å²) < 4.78 is 0. The van der Waals surface area contributed by atoms with E-state index in [0.717, 1.165) is 5.56 Å². The molecule has 0 saturated carbocycles. The largest absolute Gasteiger partial charge is 0.390 e. The number of aliphatic hydroxyl groups is 1. The number of Topliss-reactive ketones (excluding diaryl/α,β-unsaturated/α-hetero) is 1. The van der Waals surface area contributed by atoms with E-state index in [-0.39, 0.29) is 6.54 Å². The van der Waals surface area contributed by atoms with Gasteiger partial charge >= 0.3 is 0 Å². The Bertz CT molecular complexity index is 487. The zero-order chi connectivity index (χ0) is 12.6. The maximum absolute atomic E-state index is 11.8. The molecule has 0 aliphatic carbocycles. The van der Waals surface area contributed by atoms with Crippen LogP contribution in [0.15, 0.2) is 18.2 Å². The molecule has 1 aromatic rings. The molecule has 4 nitrogen and oxygen atoms in total. The standard InChI is InChI=1S/C12H12BrNO3/c1-7-3-2-4-9-10(7)14(6-8(15)5-13)12(17)11(9)16/h2-4,8,15H,5-6H2,1H3. The van der Waals surface area contributed by atoms with Crippen LogP contribution in [-0.2, 0) is 4.79 Å². The number of para-hydroxylation sites is 1. The average molecular weight is 298 g/mol. The minimum Gasteiger partial charge on any atom is -0.390 e. The lowest BCUT2D eigenvalue weighted by Crippen LogP contribution is -2.37. The summed E-state index contributed by atoms with van der Waals surface area (Å²) in [5, 5.41) is 9.95. The Labute approximate surface area is 107 Å². The molecule has 0 fully saturated rings. The molecule has 1 heterocycles. The number of fused-ring (bicyclic) bond motifs is 1.